The van der Waals surface area contributed by atoms with Gasteiger partial charge < -0.3 is 4.98 Å². The average Bonchev–Trinajstić information content (AvgIpc) is 3.13. The lowest BCUT2D eigenvalue weighted by atomic mass is 10.1. The second-order valence-corrected chi connectivity index (χ2v) is 5.62. The summed E-state index contributed by atoms with van der Waals surface area (Å²) in [6, 6.07) is 1.96. The highest BCUT2D eigenvalue weighted by Crippen LogP contribution is 2.45. The van der Waals surface area contributed by atoms with Gasteiger partial charge in [0.2, 0.25) is 0 Å². The van der Waals surface area contributed by atoms with Crippen LogP contribution in [0.15, 0.2) is 31.0 Å². The van der Waals surface area contributed by atoms with Crippen LogP contribution in [0.3, 0.4) is 0 Å². The van der Waals surface area contributed by atoms with Crippen LogP contribution in [0.25, 0.3) is 11.0 Å². The summed E-state index contributed by atoms with van der Waals surface area (Å²) in [4.78, 5) is 20.2. The van der Waals surface area contributed by atoms with Crippen molar-refractivity contribution in [1.82, 2.24) is 24.9 Å². The molecule has 3 aromatic rings. The van der Waals surface area contributed by atoms with Crippen LogP contribution in [-0.2, 0) is 5.41 Å². The molecule has 1 aliphatic rings. The van der Waals surface area contributed by atoms with Gasteiger partial charge in [-0.1, -0.05) is 12.8 Å². The number of rotatable bonds is 1. The maximum absolute atomic E-state index is 4.63. The third-order valence-electron chi connectivity index (χ3n) is 3.81. The first-order chi connectivity index (χ1) is 10.2. The molecule has 4 rings (SSSR count). The first-order valence-corrected chi connectivity index (χ1v) is 6.86. The molecule has 3 heterocycles. The van der Waals surface area contributed by atoms with E-state index in [0.717, 1.165) is 28.1 Å². The lowest BCUT2D eigenvalue weighted by Gasteiger charge is -2.04. The summed E-state index contributed by atoms with van der Waals surface area (Å²) < 4.78 is 0. The van der Waals surface area contributed by atoms with Gasteiger partial charge in [-0.3, -0.25) is 0 Å². The minimum atomic E-state index is 0.173. The molecule has 0 bridgehead atoms. The normalized spacial score (nSPS) is 15.5. The van der Waals surface area contributed by atoms with Crippen molar-refractivity contribution in [1.29, 1.82) is 0 Å². The number of aromatic nitrogens is 5. The minimum absolute atomic E-state index is 0.173. The van der Waals surface area contributed by atoms with Crippen molar-refractivity contribution >= 4 is 11.0 Å². The van der Waals surface area contributed by atoms with Gasteiger partial charge in [-0.15, -0.1) is 0 Å². The summed E-state index contributed by atoms with van der Waals surface area (Å²) >= 11 is 0. The fourth-order valence-corrected chi connectivity index (χ4v) is 2.19. The molecule has 0 aromatic carbocycles. The minimum Gasteiger partial charge on any atom is -0.333 e. The van der Waals surface area contributed by atoms with Crippen LogP contribution in [0.1, 0.15) is 36.8 Å². The Hall–Kier alpha value is -2.74. The van der Waals surface area contributed by atoms with Crippen molar-refractivity contribution in [3.63, 3.8) is 0 Å². The molecule has 0 atom stereocenters. The molecule has 1 fully saturated rings. The van der Waals surface area contributed by atoms with Gasteiger partial charge in [-0.2, -0.15) is 0 Å². The van der Waals surface area contributed by atoms with Crippen LogP contribution in [0.4, 0.5) is 0 Å². The van der Waals surface area contributed by atoms with E-state index in [-0.39, 0.29) is 5.41 Å². The number of H-pyrrole nitrogens is 1. The van der Waals surface area contributed by atoms with Crippen molar-refractivity contribution in [2.75, 3.05) is 0 Å². The van der Waals surface area contributed by atoms with Gasteiger partial charge >= 0.3 is 0 Å². The fraction of sp³-hybridized carbons (Fsp3) is 0.250. The quantitative estimate of drug-likeness (QED) is 0.691. The number of hydrogen-bond acceptors (Lipinski definition) is 4. The molecule has 5 heteroatoms. The van der Waals surface area contributed by atoms with E-state index in [9.17, 15) is 0 Å². The van der Waals surface area contributed by atoms with Gasteiger partial charge in [0.15, 0.2) is 0 Å². The van der Waals surface area contributed by atoms with Crippen molar-refractivity contribution in [3.8, 4) is 11.8 Å². The summed E-state index contributed by atoms with van der Waals surface area (Å²) in [5.41, 5.74) is 2.63. The van der Waals surface area contributed by atoms with Crippen LogP contribution >= 0.6 is 0 Å². The van der Waals surface area contributed by atoms with Gasteiger partial charge in [-0.25, -0.2) is 19.9 Å². The topological polar surface area (TPSA) is 67.3 Å². The van der Waals surface area contributed by atoms with Crippen molar-refractivity contribution in [3.05, 3.63) is 48.1 Å². The standard InChI is InChI=1S/C16H13N5/c1-16(4-5-16)15-19-9-12-6-13(20-14(12)21-15)3-2-11-7-17-10-18-8-11/h6-10H,4-5H2,1H3,(H,19,20,21). The smallest absolute Gasteiger partial charge is 0.142 e. The summed E-state index contributed by atoms with van der Waals surface area (Å²) in [6.45, 7) is 2.20. The summed E-state index contributed by atoms with van der Waals surface area (Å²) in [5, 5.41) is 0.983. The van der Waals surface area contributed by atoms with Crippen molar-refractivity contribution in [2.24, 2.45) is 0 Å². The van der Waals surface area contributed by atoms with Crippen molar-refractivity contribution < 1.29 is 0 Å². The molecule has 1 saturated carbocycles. The molecule has 0 spiro atoms. The largest absolute Gasteiger partial charge is 0.333 e. The zero-order valence-electron chi connectivity index (χ0n) is 11.6. The third kappa shape index (κ3) is 2.25. The molecule has 0 aliphatic heterocycles. The Morgan fingerprint density at radius 1 is 1.14 bits per heavy atom. The Morgan fingerprint density at radius 3 is 2.71 bits per heavy atom. The molecule has 3 aromatic heterocycles. The van der Waals surface area contributed by atoms with E-state index in [2.05, 4.69) is 43.7 Å². The van der Waals surface area contributed by atoms with Crippen LogP contribution in [0, 0.1) is 11.8 Å². The Kier molecular flexibility index (Phi) is 2.51. The predicted molar refractivity (Wildman–Crippen MR) is 78.5 cm³/mol. The third-order valence-corrected chi connectivity index (χ3v) is 3.81. The van der Waals surface area contributed by atoms with Gasteiger partial charge in [0.05, 0.1) is 11.3 Å². The fourth-order valence-electron chi connectivity index (χ4n) is 2.19. The zero-order valence-corrected chi connectivity index (χ0v) is 11.6. The number of nitrogens with zero attached hydrogens (tertiary/aromatic N) is 4. The maximum Gasteiger partial charge on any atom is 0.142 e. The number of hydrogen-bond donors (Lipinski definition) is 1. The van der Waals surface area contributed by atoms with E-state index in [1.54, 1.807) is 12.4 Å². The molecule has 0 radical (unpaired) electrons. The molecular formula is C16H13N5. The molecule has 21 heavy (non-hydrogen) atoms. The summed E-state index contributed by atoms with van der Waals surface area (Å²) in [6.07, 6.45) is 9.07. The monoisotopic (exact) mass is 275 g/mol. The van der Waals surface area contributed by atoms with Gasteiger partial charge in [0.25, 0.3) is 0 Å². The molecule has 0 amide bonds. The molecule has 5 nitrogen and oxygen atoms in total. The molecule has 0 saturated heterocycles. The van der Waals surface area contributed by atoms with E-state index in [0.29, 0.717) is 0 Å². The average molecular weight is 275 g/mol. The summed E-state index contributed by atoms with van der Waals surface area (Å²) in [5.74, 6) is 7.02. The highest BCUT2D eigenvalue weighted by molar-refractivity contribution is 5.77. The molecule has 0 unspecified atom stereocenters. The van der Waals surface area contributed by atoms with E-state index >= 15 is 0 Å². The second kappa shape index (κ2) is 4.38. The summed E-state index contributed by atoms with van der Waals surface area (Å²) in [7, 11) is 0. The molecule has 102 valence electrons. The SMILES string of the molecule is CC1(c2ncc3cc(C#Cc4cncnc4)[nH]c3n2)CC1. The lowest BCUT2D eigenvalue weighted by molar-refractivity contribution is 0.714. The van der Waals surface area contributed by atoms with Crippen LogP contribution in [0.2, 0.25) is 0 Å². The van der Waals surface area contributed by atoms with Crippen LogP contribution in [0.5, 0.6) is 0 Å². The lowest BCUT2D eigenvalue weighted by Crippen LogP contribution is -2.06. The predicted octanol–water partition coefficient (Wildman–Crippen LogP) is 2.20. The zero-order chi connectivity index (χ0) is 14.3. The second-order valence-electron chi connectivity index (χ2n) is 5.62. The Balaban J connectivity index is 1.70. The Labute approximate surface area is 121 Å². The van der Waals surface area contributed by atoms with Gasteiger partial charge in [0, 0.05) is 29.4 Å². The van der Waals surface area contributed by atoms with E-state index < -0.39 is 0 Å². The highest BCUT2D eigenvalue weighted by Gasteiger charge is 2.42. The Bertz CT molecular complexity index is 866. The Morgan fingerprint density at radius 2 is 1.95 bits per heavy atom. The van der Waals surface area contributed by atoms with Gasteiger partial charge in [0.1, 0.15) is 17.8 Å². The van der Waals surface area contributed by atoms with Crippen molar-refractivity contribution in [2.45, 2.75) is 25.2 Å². The number of fused-ring (bicyclic) bond motifs is 1. The van der Waals surface area contributed by atoms with Gasteiger partial charge in [-0.05, 0) is 24.8 Å². The first-order valence-electron chi connectivity index (χ1n) is 6.86. The number of aromatic amines is 1. The first kappa shape index (κ1) is 12.0. The van der Waals surface area contributed by atoms with Crippen LogP contribution < -0.4 is 0 Å². The maximum atomic E-state index is 4.63. The van der Waals surface area contributed by atoms with E-state index in [1.807, 2.05) is 12.3 Å². The van der Waals surface area contributed by atoms with Crippen LogP contribution in [-0.4, -0.2) is 24.9 Å². The highest BCUT2D eigenvalue weighted by atomic mass is 15.0. The van der Waals surface area contributed by atoms with E-state index in [4.69, 9.17) is 0 Å². The molecule has 1 aliphatic carbocycles. The molecule has 1 N–H and O–H groups in total. The molecular weight excluding hydrogens is 262 g/mol. The number of nitrogens with one attached hydrogen (secondary N) is 1. The van der Waals surface area contributed by atoms with E-state index in [1.165, 1.54) is 19.2 Å².